The maximum Gasteiger partial charge on any atom is 0.261 e. The van der Waals surface area contributed by atoms with Crippen LogP contribution in [0.3, 0.4) is 0 Å². The molecule has 1 aliphatic rings. The molecule has 5 heteroatoms. The lowest BCUT2D eigenvalue weighted by Gasteiger charge is -2.18. The Kier molecular flexibility index (Phi) is 4.31. The van der Waals surface area contributed by atoms with Crippen molar-refractivity contribution < 1.29 is 14.3 Å². The Labute approximate surface area is 140 Å². The highest BCUT2D eigenvalue weighted by molar-refractivity contribution is 7.12. The first-order valence-electron chi connectivity index (χ1n) is 7.72. The second-order valence-corrected chi connectivity index (χ2v) is 7.24. The highest BCUT2D eigenvalue weighted by Gasteiger charge is 2.32. The van der Waals surface area contributed by atoms with E-state index in [-0.39, 0.29) is 11.5 Å². The van der Waals surface area contributed by atoms with Gasteiger partial charge in [-0.3, -0.25) is 4.79 Å². The number of nitrogens with one attached hydrogen (secondary N) is 1. The van der Waals surface area contributed by atoms with Gasteiger partial charge in [0.1, 0.15) is 12.2 Å². The lowest BCUT2D eigenvalue weighted by molar-refractivity contribution is 0.0949. The van der Waals surface area contributed by atoms with Crippen LogP contribution in [0.4, 0.5) is 0 Å². The first-order valence-corrected chi connectivity index (χ1v) is 8.60. The molecule has 0 fully saturated rings. The van der Waals surface area contributed by atoms with Crippen LogP contribution in [0.1, 0.15) is 34.6 Å². The van der Waals surface area contributed by atoms with Crippen LogP contribution < -0.4 is 14.8 Å². The maximum atomic E-state index is 12.0. The number of ether oxygens (including phenoxy) is 2. The molecule has 2 aromatic rings. The molecular formula is C18H21NO3S. The molecule has 0 unspecified atom stereocenters. The largest absolute Gasteiger partial charge is 0.488 e. The smallest absolute Gasteiger partial charge is 0.261 e. The normalized spacial score (nSPS) is 14.9. The number of carbonyl (C=O) groups is 1. The standard InChI is InChI=1S/C18H21NO3S/c1-12-7-10-23-16(12)17(20)19-8-9-21-14-6-4-5-13-11-18(2,3)22-15(13)14/h4-7,10H,8-9,11H2,1-3H3,(H,19,20). The summed E-state index contributed by atoms with van der Waals surface area (Å²) in [5, 5.41) is 4.81. The van der Waals surface area contributed by atoms with Gasteiger partial charge in [-0.05, 0) is 43.8 Å². The summed E-state index contributed by atoms with van der Waals surface area (Å²) < 4.78 is 11.8. The van der Waals surface area contributed by atoms with Gasteiger partial charge in [0.15, 0.2) is 11.5 Å². The van der Waals surface area contributed by atoms with Crippen molar-refractivity contribution in [2.45, 2.75) is 32.8 Å². The van der Waals surface area contributed by atoms with Crippen LogP contribution >= 0.6 is 11.3 Å². The molecule has 1 amide bonds. The van der Waals surface area contributed by atoms with Gasteiger partial charge in [-0.1, -0.05) is 12.1 Å². The number of aryl methyl sites for hydroxylation is 1. The molecule has 0 saturated carbocycles. The van der Waals surface area contributed by atoms with Crippen LogP contribution in [0, 0.1) is 6.92 Å². The Balaban J connectivity index is 1.54. The van der Waals surface area contributed by atoms with Gasteiger partial charge in [0, 0.05) is 12.0 Å². The Morgan fingerprint density at radius 3 is 2.96 bits per heavy atom. The van der Waals surface area contributed by atoms with Crippen molar-refractivity contribution in [2.75, 3.05) is 13.2 Å². The average molecular weight is 331 g/mol. The Hall–Kier alpha value is -2.01. The summed E-state index contributed by atoms with van der Waals surface area (Å²) in [5.41, 5.74) is 1.99. The second kappa shape index (κ2) is 6.24. The van der Waals surface area contributed by atoms with E-state index >= 15 is 0 Å². The van der Waals surface area contributed by atoms with Gasteiger partial charge < -0.3 is 14.8 Å². The molecule has 1 aromatic heterocycles. The Morgan fingerprint density at radius 2 is 2.22 bits per heavy atom. The molecule has 0 saturated heterocycles. The number of rotatable bonds is 5. The van der Waals surface area contributed by atoms with E-state index in [0.29, 0.717) is 13.2 Å². The summed E-state index contributed by atoms with van der Waals surface area (Å²) in [6.45, 7) is 6.95. The molecular weight excluding hydrogens is 310 g/mol. The third-order valence-electron chi connectivity index (χ3n) is 3.77. The van der Waals surface area contributed by atoms with E-state index in [9.17, 15) is 4.79 Å². The summed E-state index contributed by atoms with van der Waals surface area (Å²) in [5.74, 6) is 1.53. The Bertz CT molecular complexity index is 721. The van der Waals surface area contributed by atoms with Gasteiger partial charge in [-0.25, -0.2) is 0 Å². The number of hydrogen-bond donors (Lipinski definition) is 1. The van der Waals surface area contributed by atoms with Crippen LogP contribution in [0.2, 0.25) is 0 Å². The van der Waals surface area contributed by atoms with Crippen molar-refractivity contribution in [3.8, 4) is 11.5 Å². The molecule has 3 rings (SSSR count). The van der Waals surface area contributed by atoms with Gasteiger partial charge in [0.2, 0.25) is 0 Å². The summed E-state index contributed by atoms with van der Waals surface area (Å²) in [4.78, 5) is 12.8. The molecule has 0 bridgehead atoms. The molecule has 0 aliphatic carbocycles. The molecule has 4 nitrogen and oxygen atoms in total. The van der Waals surface area contributed by atoms with E-state index in [2.05, 4.69) is 25.2 Å². The van der Waals surface area contributed by atoms with Crippen molar-refractivity contribution in [3.63, 3.8) is 0 Å². The first-order chi connectivity index (χ1) is 11.0. The van der Waals surface area contributed by atoms with Crippen LogP contribution in [0.5, 0.6) is 11.5 Å². The van der Waals surface area contributed by atoms with E-state index in [4.69, 9.17) is 9.47 Å². The van der Waals surface area contributed by atoms with Crippen LogP contribution in [0.25, 0.3) is 0 Å². The van der Waals surface area contributed by atoms with Crippen molar-refractivity contribution in [3.05, 3.63) is 45.6 Å². The molecule has 0 spiro atoms. The minimum atomic E-state index is -0.188. The van der Waals surface area contributed by atoms with Gasteiger partial charge >= 0.3 is 0 Å². The van der Waals surface area contributed by atoms with Crippen molar-refractivity contribution >= 4 is 17.2 Å². The highest BCUT2D eigenvalue weighted by Crippen LogP contribution is 2.41. The SMILES string of the molecule is Cc1ccsc1C(=O)NCCOc1cccc2c1OC(C)(C)C2. The predicted molar refractivity (Wildman–Crippen MR) is 91.7 cm³/mol. The molecule has 1 aliphatic heterocycles. The summed E-state index contributed by atoms with van der Waals surface area (Å²) in [6, 6.07) is 7.90. The number of fused-ring (bicyclic) bond motifs is 1. The van der Waals surface area contributed by atoms with Gasteiger partial charge in [-0.2, -0.15) is 0 Å². The zero-order valence-corrected chi connectivity index (χ0v) is 14.5. The van der Waals surface area contributed by atoms with Crippen molar-refractivity contribution in [1.82, 2.24) is 5.32 Å². The lowest BCUT2D eigenvalue weighted by Crippen LogP contribution is -2.28. The highest BCUT2D eigenvalue weighted by atomic mass is 32.1. The Morgan fingerprint density at radius 1 is 1.39 bits per heavy atom. The van der Waals surface area contributed by atoms with Crippen LogP contribution in [-0.2, 0) is 6.42 Å². The number of benzene rings is 1. The topological polar surface area (TPSA) is 47.6 Å². The summed E-state index contributed by atoms with van der Waals surface area (Å²) >= 11 is 1.46. The van der Waals surface area contributed by atoms with Gasteiger partial charge in [0.05, 0.1) is 11.4 Å². The molecule has 122 valence electrons. The van der Waals surface area contributed by atoms with E-state index in [1.807, 2.05) is 30.5 Å². The molecule has 1 aromatic carbocycles. The number of thiophene rings is 1. The number of carbonyl (C=O) groups excluding carboxylic acids is 1. The third kappa shape index (κ3) is 3.50. The quantitative estimate of drug-likeness (QED) is 0.852. The minimum Gasteiger partial charge on any atom is -0.488 e. The molecule has 2 heterocycles. The average Bonchev–Trinajstić information content (AvgIpc) is 3.05. The van der Waals surface area contributed by atoms with E-state index in [1.54, 1.807) is 0 Å². The monoisotopic (exact) mass is 331 g/mol. The summed E-state index contributed by atoms with van der Waals surface area (Å²) in [7, 11) is 0. The fourth-order valence-corrected chi connectivity index (χ4v) is 3.55. The first kappa shape index (κ1) is 15.9. The second-order valence-electron chi connectivity index (χ2n) is 6.32. The molecule has 0 atom stereocenters. The zero-order valence-electron chi connectivity index (χ0n) is 13.6. The van der Waals surface area contributed by atoms with E-state index < -0.39 is 0 Å². The minimum absolute atomic E-state index is 0.0447. The zero-order chi connectivity index (χ0) is 16.4. The fourth-order valence-electron chi connectivity index (χ4n) is 2.71. The van der Waals surface area contributed by atoms with Crippen molar-refractivity contribution in [1.29, 1.82) is 0 Å². The van der Waals surface area contributed by atoms with Crippen LogP contribution in [0.15, 0.2) is 29.6 Å². The van der Waals surface area contributed by atoms with Crippen LogP contribution in [-0.4, -0.2) is 24.7 Å². The van der Waals surface area contributed by atoms with Crippen molar-refractivity contribution in [2.24, 2.45) is 0 Å². The summed E-state index contributed by atoms with van der Waals surface area (Å²) in [6.07, 6.45) is 0.883. The molecule has 0 radical (unpaired) electrons. The lowest BCUT2D eigenvalue weighted by atomic mass is 10.0. The van der Waals surface area contributed by atoms with E-state index in [1.165, 1.54) is 16.9 Å². The number of para-hydroxylation sites is 1. The van der Waals surface area contributed by atoms with Gasteiger partial charge in [0.25, 0.3) is 5.91 Å². The fraction of sp³-hybridized carbons (Fsp3) is 0.389. The maximum absolute atomic E-state index is 12.0. The molecule has 23 heavy (non-hydrogen) atoms. The van der Waals surface area contributed by atoms with Gasteiger partial charge in [-0.15, -0.1) is 11.3 Å². The third-order valence-corrected chi connectivity index (χ3v) is 4.78. The number of amides is 1. The number of hydrogen-bond acceptors (Lipinski definition) is 4. The predicted octanol–water partition coefficient (Wildman–Crippen LogP) is 3.58. The van der Waals surface area contributed by atoms with E-state index in [0.717, 1.165) is 28.4 Å². The molecule has 1 N–H and O–H groups in total.